The molecule has 90 valence electrons. The molecule has 0 radical (unpaired) electrons. The third-order valence-electron chi connectivity index (χ3n) is 3.41. The zero-order valence-electron chi connectivity index (χ0n) is 10.9. The fourth-order valence-corrected chi connectivity index (χ4v) is 2.14. The van der Waals surface area contributed by atoms with Crippen molar-refractivity contribution in [3.05, 3.63) is 34.6 Å². The molecule has 0 N–H and O–H groups in total. The van der Waals surface area contributed by atoms with Gasteiger partial charge in [0.2, 0.25) is 0 Å². The maximum atomic E-state index is 13.4. The lowest BCUT2D eigenvalue weighted by atomic mass is 9.89. The molecular weight excluding hydrogens is 199 g/mol. The molecule has 16 heavy (non-hydrogen) atoms. The second kappa shape index (κ2) is 6.03. The average molecular weight is 222 g/mol. The Bertz CT molecular complexity index is 316. The maximum absolute atomic E-state index is 13.4. The third-order valence-corrected chi connectivity index (χ3v) is 3.41. The fourth-order valence-electron chi connectivity index (χ4n) is 2.14. The van der Waals surface area contributed by atoms with Gasteiger partial charge in [0.15, 0.2) is 0 Å². The van der Waals surface area contributed by atoms with Crippen LogP contribution in [0.15, 0.2) is 12.1 Å². The van der Waals surface area contributed by atoms with Crippen LogP contribution in [0.3, 0.4) is 0 Å². The van der Waals surface area contributed by atoms with Crippen LogP contribution in [0.5, 0.6) is 0 Å². The second-order valence-electron chi connectivity index (χ2n) is 4.63. The smallest absolute Gasteiger partial charge is 0.123 e. The van der Waals surface area contributed by atoms with E-state index in [0.717, 1.165) is 19.3 Å². The fraction of sp³-hybridized carbons (Fsp3) is 0.600. The number of halogens is 1. The first-order valence-corrected chi connectivity index (χ1v) is 6.42. The summed E-state index contributed by atoms with van der Waals surface area (Å²) in [6, 6.07) is 3.41. The average Bonchev–Trinajstić information content (AvgIpc) is 2.30. The van der Waals surface area contributed by atoms with E-state index in [1.54, 1.807) is 12.1 Å². The van der Waals surface area contributed by atoms with Crippen molar-refractivity contribution in [1.29, 1.82) is 0 Å². The number of aryl methyl sites for hydroxylation is 2. The summed E-state index contributed by atoms with van der Waals surface area (Å²) in [5.41, 5.74) is 3.77. The van der Waals surface area contributed by atoms with E-state index in [2.05, 4.69) is 27.7 Å². The van der Waals surface area contributed by atoms with Crippen molar-refractivity contribution >= 4 is 0 Å². The minimum absolute atomic E-state index is 0.0819. The van der Waals surface area contributed by atoms with E-state index in [1.807, 2.05) is 0 Å². The molecule has 0 nitrogen and oxygen atoms in total. The van der Waals surface area contributed by atoms with Crippen LogP contribution < -0.4 is 0 Å². The first-order chi connectivity index (χ1) is 7.62. The van der Waals surface area contributed by atoms with Gasteiger partial charge in [-0.1, -0.05) is 34.1 Å². The van der Waals surface area contributed by atoms with Gasteiger partial charge in [0.05, 0.1) is 0 Å². The van der Waals surface area contributed by atoms with Crippen LogP contribution in [-0.4, -0.2) is 0 Å². The first-order valence-electron chi connectivity index (χ1n) is 6.42. The van der Waals surface area contributed by atoms with Crippen molar-refractivity contribution in [2.75, 3.05) is 0 Å². The van der Waals surface area contributed by atoms with Crippen molar-refractivity contribution in [1.82, 2.24) is 0 Å². The molecule has 0 bridgehead atoms. The lowest BCUT2D eigenvalue weighted by Crippen LogP contribution is -2.06. The predicted molar refractivity (Wildman–Crippen MR) is 68.3 cm³/mol. The number of hydrogen-bond donors (Lipinski definition) is 0. The number of hydrogen-bond acceptors (Lipinski definition) is 0. The van der Waals surface area contributed by atoms with Gasteiger partial charge in [0, 0.05) is 0 Å². The molecule has 1 heteroatoms. The van der Waals surface area contributed by atoms with Crippen molar-refractivity contribution < 1.29 is 4.39 Å². The molecule has 0 saturated carbocycles. The highest BCUT2D eigenvalue weighted by Gasteiger charge is 2.11. The molecule has 1 unspecified atom stereocenters. The van der Waals surface area contributed by atoms with E-state index in [1.165, 1.54) is 23.1 Å². The summed E-state index contributed by atoms with van der Waals surface area (Å²) >= 11 is 0. The van der Waals surface area contributed by atoms with Gasteiger partial charge in [-0.05, 0) is 54.0 Å². The van der Waals surface area contributed by atoms with E-state index in [-0.39, 0.29) is 5.82 Å². The topological polar surface area (TPSA) is 0 Å². The second-order valence-corrected chi connectivity index (χ2v) is 4.63. The minimum atomic E-state index is -0.0819. The van der Waals surface area contributed by atoms with Crippen LogP contribution in [0.25, 0.3) is 0 Å². The van der Waals surface area contributed by atoms with Gasteiger partial charge >= 0.3 is 0 Å². The monoisotopic (exact) mass is 222 g/mol. The lowest BCUT2D eigenvalue weighted by Gasteiger charge is -2.16. The van der Waals surface area contributed by atoms with E-state index >= 15 is 0 Å². The van der Waals surface area contributed by atoms with Crippen molar-refractivity contribution in [2.45, 2.75) is 53.4 Å². The molecule has 1 atom stereocenters. The lowest BCUT2D eigenvalue weighted by molar-refractivity contribution is 0.552. The maximum Gasteiger partial charge on any atom is 0.123 e. The van der Waals surface area contributed by atoms with E-state index < -0.39 is 0 Å². The summed E-state index contributed by atoms with van der Waals surface area (Å²) in [5.74, 6) is 0.600. The quantitative estimate of drug-likeness (QED) is 0.686. The number of benzene rings is 1. The molecule has 0 fully saturated rings. The van der Waals surface area contributed by atoms with Crippen molar-refractivity contribution in [2.24, 2.45) is 5.92 Å². The Labute approximate surface area is 98.9 Å². The molecular formula is C15H23F. The summed E-state index contributed by atoms with van der Waals surface area (Å²) in [5, 5.41) is 0. The van der Waals surface area contributed by atoms with E-state index in [4.69, 9.17) is 0 Å². The number of rotatable bonds is 5. The summed E-state index contributed by atoms with van der Waals surface area (Å²) in [4.78, 5) is 0. The summed E-state index contributed by atoms with van der Waals surface area (Å²) < 4.78 is 13.4. The highest BCUT2D eigenvalue weighted by Crippen LogP contribution is 2.23. The Kier molecular flexibility index (Phi) is 4.98. The Morgan fingerprint density at radius 1 is 1.06 bits per heavy atom. The van der Waals surface area contributed by atoms with Crippen molar-refractivity contribution in [3.8, 4) is 0 Å². The molecule has 0 saturated heterocycles. The summed E-state index contributed by atoms with van der Waals surface area (Å²) in [6.45, 7) is 8.69. The van der Waals surface area contributed by atoms with Gasteiger partial charge in [0.1, 0.15) is 5.82 Å². The normalized spacial score (nSPS) is 12.8. The van der Waals surface area contributed by atoms with Gasteiger partial charge in [0.25, 0.3) is 0 Å². The molecule has 0 heterocycles. The van der Waals surface area contributed by atoms with Crippen LogP contribution in [0.1, 0.15) is 50.8 Å². The van der Waals surface area contributed by atoms with Gasteiger partial charge in [-0.25, -0.2) is 4.39 Å². The van der Waals surface area contributed by atoms with Gasteiger partial charge in [-0.15, -0.1) is 0 Å². The Morgan fingerprint density at radius 3 is 1.94 bits per heavy atom. The molecule has 1 rings (SSSR count). The molecule has 0 aromatic heterocycles. The molecule has 0 aliphatic carbocycles. The molecule has 0 aliphatic heterocycles. The van der Waals surface area contributed by atoms with Crippen LogP contribution in [-0.2, 0) is 19.3 Å². The van der Waals surface area contributed by atoms with Gasteiger partial charge in [-0.2, -0.15) is 0 Å². The predicted octanol–water partition coefficient (Wildman–Crippen LogP) is 4.54. The highest BCUT2D eigenvalue weighted by molar-refractivity contribution is 5.36. The summed E-state index contributed by atoms with van der Waals surface area (Å²) in [6.07, 6.45) is 4.12. The molecule has 1 aromatic carbocycles. The molecule has 0 aliphatic rings. The van der Waals surface area contributed by atoms with Crippen LogP contribution in [0.4, 0.5) is 4.39 Å². The minimum Gasteiger partial charge on any atom is -0.207 e. The summed E-state index contributed by atoms with van der Waals surface area (Å²) in [7, 11) is 0. The van der Waals surface area contributed by atoms with E-state index in [0.29, 0.717) is 5.92 Å². The van der Waals surface area contributed by atoms with Crippen LogP contribution in [0, 0.1) is 11.7 Å². The van der Waals surface area contributed by atoms with Crippen LogP contribution >= 0.6 is 0 Å². The molecule has 1 aromatic rings. The third kappa shape index (κ3) is 3.07. The van der Waals surface area contributed by atoms with Gasteiger partial charge < -0.3 is 0 Å². The largest absolute Gasteiger partial charge is 0.207 e. The molecule has 0 spiro atoms. The molecule has 0 amide bonds. The Morgan fingerprint density at radius 2 is 1.56 bits per heavy atom. The van der Waals surface area contributed by atoms with Gasteiger partial charge in [-0.3, -0.25) is 0 Å². The van der Waals surface area contributed by atoms with Crippen molar-refractivity contribution in [3.63, 3.8) is 0 Å². The zero-order chi connectivity index (χ0) is 12.1. The highest BCUT2D eigenvalue weighted by atomic mass is 19.1. The Hall–Kier alpha value is -0.850. The Balaban J connectivity index is 3.11. The SMILES string of the molecule is CCc1cc(F)cc(CC)c1CC(C)CC. The van der Waals surface area contributed by atoms with Crippen LogP contribution in [0.2, 0.25) is 0 Å². The first kappa shape index (κ1) is 13.2. The zero-order valence-corrected chi connectivity index (χ0v) is 10.9. The van der Waals surface area contributed by atoms with E-state index in [9.17, 15) is 4.39 Å². The standard InChI is InChI=1S/C15H23F/c1-5-11(4)8-15-12(6-2)9-14(16)10-13(15)7-3/h9-11H,5-8H2,1-4H3.